The highest BCUT2D eigenvalue weighted by Gasteiger charge is 2.36. The molecule has 0 fully saturated rings. The van der Waals surface area contributed by atoms with E-state index in [1.54, 1.807) is 16.8 Å². The van der Waals surface area contributed by atoms with Gasteiger partial charge in [0.25, 0.3) is 0 Å². The summed E-state index contributed by atoms with van der Waals surface area (Å²) in [5.41, 5.74) is 0.928. The van der Waals surface area contributed by atoms with Crippen LogP contribution in [0, 0.1) is 0 Å². The van der Waals surface area contributed by atoms with E-state index in [4.69, 9.17) is 4.42 Å². The zero-order valence-corrected chi connectivity index (χ0v) is 12.6. The van der Waals surface area contributed by atoms with E-state index in [2.05, 4.69) is 15.9 Å². The number of halogens is 1. The van der Waals surface area contributed by atoms with E-state index in [0.717, 1.165) is 0 Å². The van der Waals surface area contributed by atoms with Crippen LogP contribution in [0.3, 0.4) is 0 Å². The second-order valence-corrected chi connectivity index (χ2v) is 5.86. The van der Waals surface area contributed by atoms with Crippen LogP contribution < -0.4 is 0 Å². The molecule has 6 heteroatoms. The predicted octanol–water partition coefficient (Wildman–Crippen LogP) is 3.46. The zero-order chi connectivity index (χ0) is 14.4. The molecular formula is C14H7BrO4S. The summed E-state index contributed by atoms with van der Waals surface area (Å²) in [6, 6.07) is 1.66. The number of hydrogen-bond donors (Lipinski definition) is 0. The summed E-state index contributed by atoms with van der Waals surface area (Å²) in [7, 11) is 0. The van der Waals surface area contributed by atoms with E-state index in [1.165, 1.54) is 24.5 Å². The van der Waals surface area contributed by atoms with Crippen LogP contribution in [0.1, 0.15) is 39.0 Å². The number of Topliss-reactive ketones (excluding diaryl/α,β-unsaturated/α-hetero) is 2. The molecule has 2 aromatic heterocycles. The van der Waals surface area contributed by atoms with Crippen molar-refractivity contribution in [3.8, 4) is 0 Å². The van der Waals surface area contributed by atoms with Gasteiger partial charge >= 0.3 is 0 Å². The van der Waals surface area contributed by atoms with Crippen LogP contribution in [0.25, 0.3) is 4.48 Å². The quantitative estimate of drug-likeness (QED) is 0.614. The Balaban J connectivity index is 2.20. The maximum Gasteiger partial charge on any atom is 0.237 e. The van der Waals surface area contributed by atoms with E-state index in [9.17, 15) is 14.4 Å². The van der Waals surface area contributed by atoms with Crippen LogP contribution in [-0.2, 0) is 4.79 Å². The van der Waals surface area contributed by atoms with Gasteiger partial charge in [-0.2, -0.15) is 11.3 Å². The van der Waals surface area contributed by atoms with Gasteiger partial charge in [-0.25, -0.2) is 0 Å². The molecule has 0 atom stereocenters. The van der Waals surface area contributed by atoms with Crippen molar-refractivity contribution >= 4 is 49.1 Å². The van der Waals surface area contributed by atoms with Crippen LogP contribution in [-0.4, -0.2) is 17.3 Å². The molecule has 2 aromatic rings. The number of carbonyl (C=O) groups is 3. The van der Waals surface area contributed by atoms with Crippen LogP contribution in [0.5, 0.6) is 0 Å². The van der Waals surface area contributed by atoms with Crippen molar-refractivity contribution in [3.05, 3.63) is 51.1 Å². The lowest BCUT2D eigenvalue weighted by Crippen LogP contribution is -2.22. The number of carbonyl (C=O) groups excluding carboxylic acids is 3. The van der Waals surface area contributed by atoms with Gasteiger partial charge in [0.05, 0.1) is 15.6 Å². The first-order chi connectivity index (χ1) is 9.52. The Morgan fingerprint density at radius 3 is 2.70 bits per heavy atom. The van der Waals surface area contributed by atoms with E-state index in [0.29, 0.717) is 10.0 Å². The lowest BCUT2D eigenvalue weighted by atomic mass is 9.91. The minimum absolute atomic E-state index is 0.0451. The average molecular weight is 351 g/mol. The van der Waals surface area contributed by atoms with Crippen molar-refractivity contribution in [1.82, 2.24) is 0 Å². The highest BCUT2D eigenvalue weighted by atomic mass is 79.9. The molecule has 1 aliphatic rings. The first-order valence-corrected chi connectivity index (χ1v) is 7.40. The van der Waals surface area contributed by atoms with Crippen LogP contribution >= 0.6 is 27.3 Å². The molecule has 0 saturated carbocycles. The zero-order valence-electron chi connectivity index (χ0n) is 10.2. The van der Waals surface area contributed by atoms with Gasteiger partial charge in [-0.1, -0.05) is 0 Å². The van der Waals surface area contributed by atoms with Gasteiger partial charge in [0.15, 0.2) is 11.5 Å². The molecular weight excluding hydrogens is 344 g/mol. The number of thiophene rings is 1. The van der Waals surface area contributed by atoms with E-state index in [1.807, 2.05) is 0 Å². The van der Waals surface area contributed by atoms with Crippen molar-refractivity contribution in [2.24, 2.45) is 0 Å². The molecule has 0 amide bonds. The SMILES string of the molecule is CC1=C(Br)c2occ(C(=O)c3ccsc3)c2C(=O)C1=O. The third kappa shape index (κ3) is 1.76. The highest BCUT2D eigenvalue weighted by molar-refractivity contribution is 9.15. The van der Waals surface area contributed by atoms with E-state index in [-0.39, 0.29) is 28.2 Å². The molecule has 4 nitrogen and oxygen atoms in total. The number of hydrogen-bond acceptors (Lipinski definition) is 5. The first kappa shape index (κ1) is 13.2. The third-order valence-corrected chi connectivity index (χ3v) is 4.76. The summed E-state index contributed by atoms with van der Waals surface area (Å²) >= 11 is 4.62. The fourth-order valence-electron chi connectivity index (χ4n) is 2.01. The van der Waals surface area contributed by atoms with E-state index < -0.39 is 11.6 Å². The lowest BCUT2D eigenvalue weighted by molar-refractivity contribution is -0.111. The topological polar surface area (TPSA) is 64.3 Å². The highest BCUT2D eigenvalue weighted by Crippen LogP contribution is 2.37. The Labute approximate surface area is 126 Å². The number of fused-ring (bicyclic) bond motifs is 1. The number of ketones is 3. The van der Waals surface area contributed by atoms with Gasteiger partial charge in [-0.3, -0.25) is 14.4 Å². The fourth-order valence-corrected chi connectivity index (χ4v) is 3.12. The van der Waals surface area contributed by atoms with Gasteiger partial charge in [0.2, 0.25) is 11.6 Å². The molecule has 1 aliphatic carbocycles. The summed E-state index contributed by atoms with van der Waals surface area (Å²) in [6.07, 6.45) is 1.23. The Morgan fingerprint density at radius 1 is 1.30 bits per heavy atom. The Hall–Kier alpha value is -1.79. The molecule has 0 aliphatic heterocycles. The molecule has 0 aromatic carbocycles. The average Bonchev–Trinajstić information content (AvgIpc) is 3.10. The molecule has 100 valence electrons. The van der Waals surface area contributed by atoms with Crippen molar-refractivity contribution in [2.45, 2.75) is 6.92 Å². The monoisotopic (exact) mass is 350 g/mol. The van der Waals surface area contributed by atoms with Crippen molar-refractivity contribution in [2.75, 3.05) is 0 Å². The minimum Gasteiger partial charge on any atom is -0.462 e. The number of furan rings is 1. The third-order valence-electron chi connectivity index (χ3n) is 3.12. The summed E-state index contributed by atoms with van der Waals surface area (Å²) < 4.78 is 5.73. The fraction of sp³-hybridized carbons (Fsp3) is 0.0714. The molecule has 20 heavy (non-hydrogen) atoms. The molecule has 0 N–H and O–H groups in total. The van der Waals surface area contributed by atoms with Crippen molar-refractivity contribution in [1.29, 1.82) is 0 Å². The smallest absolute Gasteiger partial charge is 0.237 e. The Morgan fingerprint density at radius 2 is 2.05 bits per heavy atom. The largest absolute Gasteiger partial charge is 0.462 e. The number of allylic oxidation sites excluding steroid dienone is 1. The first-order valence-electron chi connectivity index (χ1n) is 5.66. The second kappa shape index (κ2) is 4.64. The van der Waals surface area contributed by atoms with Gasteiger partial charge in [-0.15, -0.1) is 0 Å². The van der Waals surface area contributed by atoms with Gasteiger partial charge in [-0.05, 0) is 34.3 Å². The van der Waals surface area contributed by atoms with Crippen molar-refractivity contribution in [3.63, 3.8) is 0 Å². The standard InChI is InChI=1S/C14H7BrO4S/c1-6-10(15)14-9(13(18)11(6)16)8(4-19-14)12(17)7-2-3-20-5-7/h2-5H,1H3. The van der Waals surface area contributed by atoms with Crippen LogP contribution in [0.4, 0.5) is 0 Å². The maximum absolute atomic E-state index is 12.3. The lowest BCUT2D eigenvalue weighted by Gasteiger charge is -2.11. The van der Waals surface area contributed by atoms with Gasteiger partial charge in [0.1, 0.15) is 6.26 Å². The molecule has 3 rings (SSSR count). The molecule has 0 bridgehead atoms. The number of rotatable bonds is 2. The van der Waals surface area contributed by atoms with Crippen molar-refractivity contribution < 1.29 is 18.8 Å². The summed E-state index contributed by atoms with van der Waals surface area (Å²) in [5, 5.41) is 3.46. The van der Waals surface area contributed by atoms with Gasteiger partial charge < -0.3 is 4.42 Å². The summed E-state index contributed by atoms with van der Waals surface area (Å²) in [5.74, 6) is -1.40. The molecule has 0 saturated heterocycles. The second-order valence-electron chi connectivity index (χ2n) is 4.29. The van der Waals surface area contributed by atoms with Crippen LogP contribution in [0.15, 0.2) is 33.1 Å². The molecule has 0 unspecified atom stereocenters. The predicted molar refractivity (Wildman–Crippen MR) is 77.3 cm³/mol. The molecule has 2 heterocycles. The Kier molecular flexibility index (Phi) is 3.07. The van der Waals surface area contributed by atoms with Gasteiger partial charge in [0, 0.05) is 16.5 Å². The van der Waals surface area contributed by atoms with Crippen LogP contribution in [0.2, 0.25) is 0 Å². The Bertz CT molecular complexity index is 780. The summed E-state index contributed by atoms with van der Waals surface area (Å²) in [4.78, 5) is 36.3. The minimum atomic E-state index is -0.701. The molecule has 0 radical (unpaired) electrons. The molecule has 0 spiro atoms. The normalized spacial score (nSPS) is 14.7. The van der Waals surface area contributed by atoms with E-state index >= 15 is 0 Å². The summed E-state index contributed by atoms with van der Waals surface area (Å²) in [6.45, 7) is 1.54. The maximum atomic E-state index is 12.3.